The van der Waals surface area contributed by atoms with Crippen molar-refractivity contribution in [2.75, 3.05) is 24.5 Å². The molecule has 2 aliphatic rings. The second-order valence-electron chi connectivity index (χ2n) is 11.4. The summed E-state index contributed by atoms with van der Waals surface area (Å²) in [7, 11) is 0. The zero-order valence-corrected chi connectivity index (χ0v) is 22.2. The molecule has 38 heavy (non-hydrogen) atoms. The summed E-state index contributed by atoms with van der Waals surface area (Å²) in [6.45, 7) is 8.64. The summed E-state index contributed by atoms with van der Waals surface area (Å²) in [5.74, 6) is 0. The summed E-state index contributed by atoms with van der Waals surface area (Å²) in [6.07, 6.45) is 11.1. The molecule has 7 nitrogen and oxygen atoms in total. The molecule has 0 unspecified atom stereocenters. The third kappa shape index (κ3) is 4.46. The number of benzene rings is 1. The van der Waals surface area contributed by atoms with E-state index < -0.39 is 5.60 Å². The number of rotatable bonds is 3. The van der Waals surface area contributed by atoms with Crippen LogP contribution in [0.2, 0.25) is 0 Å². The van der Waals surface area contributed by atoms with Crippen LogP contribution in [0.25, 0.3) is 21.9 Å². The van der Waals surface area contributed by atoms with Gasteiger partial charge in [-0.2, -0.15) is 0 Å². The van der Waals surface area contributed by atoms with Crippen LogP contribution in [-0.2, 0) is 16.7 Å². The van der Waals surface area contributed by atoms with Crippen molar-refractivity contribution in [3.05, 3.63) is 84.7 Å². The van der Waals surface area contributed by atoms with E-state index in [2.05, 4.69) is 45.2 Å². The second kappa shape index (κ2) is 9.39. The minimum atomic E-state index is -0.493. The van der Waals surface area contributed by atoms with Crippen LogP contribution >= 0.6 is 0 Å². The van der Waals surface area contributed by atoms with Gasteiger partial charge in [-0.25, -0.2) is 4.79 Å². The van der Waals surface area contributed by atoms with Crippen LogP contribution in [0.3, 0.4) is 0 Å². The van der Waals surface area contributed by atoms with Crippen LogP contribution in [0.15, 0.2) is 73.4 Å². The largest absolute Gasteiger partial charge is 0.444 e. The molecular formula is C31H33N5O2. The summed E-state index contributed by atoms with van der Waals surface area (Å²) in [5, 5.41) is 2.29. The lowest BCUT2D eigenvalue weighted by atomic mass is 9.74. The van der Waals surface area contributed by atoms with Crippen molar-refractivity contribution in [2.45, 2.75) is 51.2 Å². The molecule has 1 saturated heterocycles. The number of likely N-dealkylation sites (tertiary alicyclic amines) is 1. The zero-order valence-electron chi connectivity index (χ0n) is 22.2. The Kier molecular flexibility index (Phi) is 6.01. The van der Waals surface area contributed by atoms with E-state index >= 15 is 0 Å². The maximum Gasteiger partial charge on any atom is 0.410 e. The Morgan fingerprint density at radius 3 is 2.53 bits per heavy atom. The smallest absolute Gasteiger partial charge is 0.410 e. The molecule has 0 N–H and O–H groups in total. The third-order valence-corrected chi connectivity index (χ3v) is 7.75. The first-order valence-corrected chi connectivity index (χ1v) is 13.3. The number of aromatic nitrogens is 3. The van der Waals surface area contributed by atoms with Crippen LogP contribution in [-0.4, -0.2) is 51.2 Å². The van der Waals surface area contributed by atoms with Crippen molar-refractivity contribution in [2.24, 2.45) is 0 Å². The Hall–Kier alpha value is -4.00. The molecule has 1 fully saturated rings. The van der Waals surface area contributed by atoms with Crippen molar-refractivity contribution in [3.8, 4) is 11.1 Å². The Balaban J connectivity index is 1.31. The van der Waals surface area contributed by atoms with E-state index in [1.54, 1.807) is 6.20 Å². The van der Waals surface area contributed by atoms with Gasteiger partial charge in [0, 0.05) is 66.3 Å². The molecule has 5 heterocycles. The number of nitrogens with zero attached hydrogens (tertiary/aromatic N) is 5. The number of ether oxygens (including phenoxy) is 1. The fraction of sp³-hybridized carbons (Fsp3) is 0.355. The van der Waals surface area contributed by atoms with E-state index in [0.717, 1.165) is 47.3 Å². The van der Waals surface area contributed by atoms with Crippen molar-refractivity contribution >= 4 is 22.6 Å². The molecule has 0 radical (unpaired) electrons. The van der Waals surface area contributed by atoms with E-state index in [4.69, 9.17) is 9.72 Å². The summed E-state index contributed by atoms with van der Waals surface area (Å²) < 4.78 is 5.64. The molecule has 7 heteroatoms. The topological polar surface area (TPSA) is 71.5 Å². The predicted molar refractivity (Wildman–Crippen MR) is 149 cm³/mol. The van der Waals surface area contributed by atoms with Gasteiger partial charge in [0.25, 0.3) is 0 Å². The first kappa shape index (κ1) is 24.3. The minimum Gasteiger partial charge on any atom is -0.444 e. The van der Waals surface area contributed by atoms with Crippen LogP contribution in [0.4, 0.5) is 10.5 Å². The number of carbonyl (C=O) groups excluding carboxylic acids is 1. The molecule has 0 atom stereocenters. The SMILES string of the molecule is CC(C)(C)OC(=O)N1CCC2(CC1)CN(Cc1ncc3ccccc3c1-c1cccnc1)c1cnccc12. The van der Waals surface area contributed by atoms with Gasteiger partial charge < -0.3 is 14.5 Å². The standard InChI is InChI=1S/C31H33N5O2/c1-30(2,3)38-29(37)35-15-11-31(12-16-35)21-36(27-19-33-14-10-25(27)31)20-26-28(23-8-6-13-32-17-23)24-9-5-4-7-22(24)18-34-26/h4-10,13-14,17-19H,11-12,15-16,20-21H2,1-3H3. The number of pyridine rings is 3. The second-order valence-corrected chi connectivity index (χ2v) is 11.4. The van der Waals surface area contributed by atoms with Crippen LogP contribution in [0.1, 0.15) is 44.9 Å². The average molecular weight is 508 g/mol. The summed E-state index contributed by atoms with van der Waals surface area (Å²) in [4.78, 5) is 30.8. The Labute approximate surface area is 223 Å². The summed E-state index contributed by atoms with van der Waals surface area (Å²) in [6, 6.07) is 14.6. The van der Waals surface area contributed by atoms with Gasteiger partial charge in [-0.1, -0.05) is 30.3 Å². The molecule has 6 rings (SSSR count). The number of anilines is 1. The molecule has 0 saturated carbocycles. The lowest BCUT2D eigenvalue weighted by Crippen LogP contribution is -2.48. The number of hydrogen-bond acceptors (Lipinski definition) is 6. The van der Waals surface area contributed by atoms with Crippen LogP contribution < -0.4 is 4.90 Å². The van der Waals surface area contributed by atoms with E-state index in [-0.39, 0.29) is 11.5 Å². The summed E-state index contributed by atoms with van der Waals surface area (Å²) >= 11 is 0. The van der Waals surface area contributed by atoms with Gasteiger partial charge in [0.1, 0.15) is 5.60 Å². The highest BCUT2D eigenvalue weighted by molar-refractivity contribution is 5.97. The molecular weight excluding hydrogens is 474 g/mol. The number of carbonyl (C=O) groups is 1. The van der Waals surface area contributed by atoms with Gasteiger partial charge in [0.15, 0.2) is 0 Å². The number of fused-ring (bicyclic) bond motifs is 3. The lowest BCUT2D eigenvalue weighted by molar-refractivity contribution is 0.0170. The Morgan fingerprint density at radius 1 is 0.974 bits per heavy atom. The maximum atomic E-state index is 12.7. The first-order valence-electron chi connectivity index (χ1n) is 13.3. The molecule has 4 aromatic rings. The monoisotopic (exact) mass is 507 g/mol. The van der Waals surface area contributed by atoms with Gasteiger partial charge in [-0.3, -0.25) is 15.0 Å². The molecule has 1 amide bonds. The molecule has 194 valence electrons. The van der Waals surface area contributed by atoms with Crippen LogP contribution in [0.5, 0.6) is 0 Å². The quantitative estimate of drug-likeness (QED) is 0.340. The third-order valence-electron chi connectivity index (χ3n) is 7.75. The highest BCUT2D eigenvalue weighted by Gasteiger charge is 2.46. The zero-order chi connectivity index (χ0) is 26.3. The Morgan fingerprint density at radius 2 is 1.76 bits per heavy atom. The maximum absolute atomic E-state index is 12.7. The van der Waals surface area contributed by atoms with E-state index in [0.29, 0.717) is 19.6 Å². The highest BCUT2D eigenvalue weighted by atomic mass is 16.6. The van der Waals surface area contributed by atoms with Crippen molar-refractivity contribution < 1.29 is 9.53 Å². The van der Waals surface area contributed by atoms with E-state index in [1.165, 1.54) is 10.9 Å². The molecule has 1 aromatic carbocycles. The summed E-state index contributed by atoms with van der Waals surface area (Å²) in [5.41, 5.74) is 5.18. The minimum absolute atomic E-state index is 0.0257. The number of piperidine rings is 1. The van der Waals surface area contributed by atoms with Crippen molar-refractivity contribution in [3.63, 3.8) is 0 Å². The van der Waals surface area contributed by atoms with Crippen LogP contribution in [0, 0.1) is 0 Å². The first-order chi connectivity index (χ1) is 18.3. The van der Waals surface area contributed by atoms with Gasteiger partial charge >= 0.3 is 6.09 Å². The van der Waals surface area contributed by atoms with Gasteiger partial charge in [-0.05, 0) is 56.7 Å². The van der Waals surface area contributed by atoms with Crippen molar-refractivity contribution in [1.29, 1.82) is 0 Å². The fourth-order valence-electron chi connectivity index (χ4n) is 5.97. The molecule has 3 aromatic heterocycles. The van der Waals surface area contributed by atoms with E-state index in [1.807, 2.05) is 62.6 Å². The van der Waals surface area contributed by atoms with Gasteiger partial charge in [0.2, 0.25) is 0 Å². The highest BCUT2D eigenvalue weighted by Crippen LogP contribution is 2.47. The molecule has 2 aliphatic heterocycles. The Bertz CT molecular complexity index is 1470. The molecule has 1 spiro atoms. The van der Waals surface area contributed by atoms with Gasteiger partial charge in [0.05, 0.1) is 24.1 Å². The van der Waals surface area contributed by atoms with E-state index in [9.17, 15) is 4.79 Å². The predicted octanol–water partition coefficient (Wildman–Crippen LogP) is 5.98. The van der Waals surface area contributed by atoms with Gasteiger partial charge in [-0.15, -0.1) is 0 Å². The molecule has 0 aliphatic carbocycles. The number of amides is 1. The van der Waals surface area contributed by atoms with Crippen molar-refractivity contribution in [1.82, 2.24) is 19.9 Å². The number of hydrogen-bond donors (Lipinski definition) is 0. The lowest BCUT2D eigenvalue weighted by Gasteiger charge is -2.40. The normalized spacial score (nSPS) is 16.6. The average Bonchev–Trinajstić information content (AvgIpc) is 3.21. The fourth-order valence-corrected chi connectivity index (χ4v) is 5.97. The molecule has 0 bridgehead atoms.